The number of ketones is 1. The van der Waals surface area contributed by atoms with E-state index in [0.717, 1.165) is 24.2 Å². The topological polar surface area (TPSA) is 115 Å². The molecule has 1 aliphatic rings. The molecule has 42 heavy (non-hydrogen) atoms. The van der Waals surface area contributed by atoms with Crippen molar-refractivity contribution in [1.29, 1.82) is 0 Å². The summed E-state index contributed by atoms with van der Waals surface area (Å²) in [5.74, 6) is -1.53. The number of hydrogen-bond donors (Lipinski definition) is 1. The van der Waals surface area contributed by atoms with Crippen LogP contribution in [0.1, 0.15) is 52.3 Å². The van der Waals surface area contributed by atoms with Gasteiger partial charge < -0.3 is 19.3 Å². The first-order valence-corrected chi connectivity index (χ1v) is 14.3. The summed E-state index contributed by atoms with van der Waals surface area (Å²) in [6.45, 7) is 11.8. The number of esters is 1. The number of aliphatic hydroxyl groups is 1. The number of hydrogen-bond acceptors (Lipinski definition) is 9. The van der Waals surface area contributed by atoms with E-state index in [4.69, 9.17) is 14.2 Å². The lowest BCUT2D eigenvalue weighted by Gasteiger charge is -2.23. The molecule has 1 aromatic heterocycles. The largest absolute Gasteiger partial charge is 0.507 e. The van der Waals surface area contributed by atoms with E-state index in [9.17, 15) is 19.5 Å². The number of rotatable bonds is 13. The number of anilines is 1. The van der Waals surface area contributed by atoms with Gasteiger partial charge in [0.1, 0.15) is 35.3 Å². The lowest BCUT2D eigenvalue weighted by molar-refractivity contribution is -0.132. The molecule has 0 saturated carbocycles. The molecule has 1 aliphatic heterocycles. The van der Waals surface area contributed by atoms with Crippen LogP contribution in [-0.2, 0) is 14.3 Å². The molecule has 10 heteroatoms. The fourth-order valence-corrected chi connectivity index (χ4v) is 5.31. The highest BCUT2D eigenvalue weighted by Crippen LogP contribution is 2.44. The zero-order valence-electron chi connectivity index (χ0n) is 23.5. The maximum Gasteiger partial charge on any atom is 0.350 e. The highest BCUT2D eigenvalue weighted by molar-refractivity contribution is 7.17. The summed E-state index contributed by atoms with van der Waals surface area (Å²) < 4.78 is 16.5. The molecule has 1 fully saturated rings. The van der Waals surface area contributed by atoms with Crippen molar-refractivity contribution in [1.82, 2.24) is 4.98 Å². The van der Waals surface area contributed by atoms with Crippen molar-refractivity contribution in [3.63, 3.8) is 0 Å². The minimum absolute atomic E-state index is 0.0126. The van der Waals surface area contributed by atoms with E-state index < -0.39 is 23.7 Å². The summed E-state index contributed by atoms with van der Waals surface area (Å²) >= 11 is 0.931. The molecular formula is C32H32N2O7S. The van der Waals surface area contributed by atoms with E-state index in [1.54, 1.807) is 61.5 Å². The van der Waals surface area contributed by atoms with Gasteiger partial charge in [-0.15, -0.1) is 0 Å². The van der Waals surface area contributed by atoms with Gasteiger partial charge >= 0.3 is 11.9 Å². The minimum atomic E-state index is -1.03. The minimum Gasteiger partial charge on any atom is -0.507 e. The van der Waals surface area contributed by atoms with E-state index in [1.807, 2.05) is 0 Å². The van der Waals surface area contributed by atoms with Crippen LogP contribution in [-0.4, -0.2) is 47.6 Å². The maximum absolute atomic E-state index is 13.5. The first kappa shape index (κ1) is 30.3. The Balaban J connectivity index is 1.79. The molecule has 218 valence electrons. The maximum atomic E-state index is 13.5. The lowest BCUT2D eigenvalue weighted by Crippen LogP contribution is -2.29. The molecule has 1 N–H and O–H groups in total. The average Bonchev–Trinajstić information content (AvgIpc) is 3.51. The number of ether oxygens (including phenoxy) is 3. The van der Waals surface area contributed by atoms with Gasteiger partial charge in [-0.1, -0.05) is 62.1 Å². The molecule has 1 amide bonds. The second-order valence-electron chi connectivity index (χ2n) is 9.36. The smallest absolute Gasteiger partial charge is 0.350 e. The number of amides is 1. The fraction of sp³-hybridized carbons (Fsp3) is 0.250. The van der Waals surface area contributed by atoms with E-state index in [1.165, 1.54) is 11.0 Å². The molecule has 9 nitrogen and oxygen atoms in total. The monoisotopic (exact) mass is 588 g/mol. The molecular weight excluding hydrogens is 556 g/mol. The van der Waals surface area contributed by atoms with Crippen LogP contribution in [0.15, 0.2) is 79.4 Å². The van der Waals surface area contributed by atoms with Crippen LogP contribution in [0.4, 0.5) is 5.13 Å². The molecule has 0 spiro atoms. The zero-order chi connectivity index (χ0) is 30.2. The number of aromatic nitrogens is 1. The van der Waals surface area contributed by atoms with Crippen molar-refractivity contribution in [2.75, 3.05) is 24.7 Å². The quantitative estimate of drug-likeness (QED) is 0.0630. The van der Waals surface area contributed by atoms with Crippen LogP contribution < -0.4 is 14.4 Å². The molecule has 1 atom stereocenters. The van der Waals surface area contributed by atoms with Crippen molar-refractivity contribution in [2.24, 2.45) is 0 Å². The number of Topliss-reactive ketones (excluding diaryl/α,β-unsaturated/α-hetero) is 1. The molecule has 0 bridgehead atoms. The Bertz CT molecular complexity index is 1510. The molecule has 2 aromatic carbocycles. The molecule has 0 radical (unpaired) electrons. The van der Waals surface area contributed by atoms with Gasteiger partial charge in [-0.25, -0.2) is 9.78 Å². The molecule has 0 aliphatic carbocycles. The Labute approximate surface area is 248 Å². The van der Waals surface area contributed by atoms with Gasteiger partial charge in [0, 0.05) is 5.56 Å². The number of thiazole rings is 1. The second-order valence-corrected chi connectivity index (χ2v) is 10.3. The number of unbranched alkanes of at least 4 members (excludes halogenated alkanes) is 1. The fourth-order valence-electron chi connectivity index (χ4n) is 4.32. The lowest BCUT2D eigenvalue weighted by atomic mass is 9.95. The summed E-state index contributed by atoms with van der Waals surface area (Å²) in [4.78, 5) is 45.5. The zero-order valence-corrected chi connectivity index (χ0v) is 24.3. The van der Waals surface area contributed by atoms with Crippen LogP contribution in [0.5, 0.6) is 11.5 Å². The third kappa shape index (κ3) is 6.44. The Morgan fingerprint density at radius 1 is 1.02 bits per heavy atom. The Kier molecular flexibility index (Phi) is 9.93. The number of nitrogens with zero attached hydrogens (tertiary/aromatic N) is 2. The van der Waals surface area contributed by atoms with E-state index in [0.29, 0.717) is 41.5 Å². The normalized spacial score (nSPS) is 15.9. The highest BCUT2D eigenvalue weighted by atomic mass is 32.1. The molecule has 1 saturated heterocycles. The number of carbonyl (C=O) groups is 3. The summed E-state index contributed by atoms with van der Waals surface area (Å²) in [5.41, 5.74) is 1.11. The summed E-state index contributed by atoms with van der Waals surface area (Å²) in [6.07, 6.45) is 4.97. The van der Waals surface area contributed by atoms with Gasteiger partial charge in [-0.05, 0) is 55.3 Å². The Morgan fingerprint density at radius 2 is 1.67 bits per heavy atom. The van der Waals surface area contributed by atoms with E-state index in [-0.39, 0.29) is 27.9 Å². The van der Waals surface area contributed by atoms with Crippen LogP contribution in [0.25, 0.3) is 5.76 Å². The first-order valence-electron chi connectivity index (χ1n) is 13.4. The predicted octanol–water partition coefficient (Wildman–Crippen LogP) is 6.16. The van der Waals surface area contributed by atoms with Gasteiger partial charge in [0.2, 0.25) is 0 Å². The van der Waals surface area contributed by atoms with Gasteiger partial charge in [-0.2, -0.15) is 0 Å². The second kappa shape index (κ2) is 13.8. The van der Waals surface area contributed by atoms with Crippen LogP contribution in [0.2, 0.25) is 0 Å². The third-order valence-corrected chi connectivity index (χ3v) is 7.55. The van der Waals surface area contributed by atoms with Gasteiger partial charge in [0.05, 0.1) is 23.9 Å². The Morgan fingerprint density at radius 3 is 2.31 bits per heavy atom. The number of aliphatic hydroxyl groups excluding tert-OH is 1. The van der Waals surface area contributed by atoms with Crippen molar-refractivity contribution < 1.29 is 33.7 Å². The van der Waals surface area contributed by atoms with Crippen molar-refractivity contribution >= 4 is 39.9 Å². The van der Waals surface area contributed by atoms with E-state index >= 15 is 0 Å². The number of benzene rings is 2. The summed E-state index contributed by atoms with van der Waals surface area (Å²) in [6, 6.07) is 12.5. The summed E-state index contributed by atoms with van der Waals surface area (Å²) in [7, 11) is 0. The molecule has 2 heterocycles. The van der Waals surface area contributed by atoms with Crippen molar-refractivity contribution in [2.45, 2.75) is 32.7 Å². The van der Waals surface area contributed by atoms with Gasteiger partial charge in [-0.3, -0.25) is 14.5 Å². The standard InChI is InChI=1S/C32H32N2O7S/c1-5-8-19-40-24-15-11-22(12-16-24)27(35)25-26(21-9-13-23(14-10-21)39-17-6-2)34(30(37)28(25)36)32-33-20(4)29(42-32)31(38)41-18-7-3/h6-7,9-16,26,35H,2-3,5,8,17-19H2,1,4H3. The van der Waals surface area contributed by atoms with Gasteiger partial charge in [0.15, 0.2) is 5.13 Å². The van der Waals surface area contributed by atoms with E-state index in [2.05, 4.69) is 25.1 Å². The molecule has 1 unspecified atom stereocenters. The first-order chi connectivity index (χ1) is 20.3. The Hall–Kier alpha value is -4.70. The predicted molar refractivity (Wildman–Crippen MR) is 161 cm³/mol. The SMILES string of the molecule is C=CCOC(=O)c1sc(N2C(=O)C(=O)C(=C(O)c3ccc(OCCCC)cc3)C2c2ccc(OCC=C)cc2)nc1C. The highest BCUT2D eigenvalue weighted by Gasteiger charge is 2.48. The van der Waals surface area contributed by atoms with Crippen LogP contribution >= 0.6 is 11.3 Å². The van der Waals surface area contributed by atoms with Gasteiger partial charge in [0.25, 0.3) is 5.78 Å². The number of aryl methyl sites for hydroxylation is 1. The van der Waals surface area contributed by atoms with Crippen molar-refractivity contribution in [3.8, 4) is 11.5 Å². The average molecular weight is 589 g/mol. The summed E-state index contributed by atoms with van der Waals surface area (Å²) in [5, 5.41) is 11.5. The molecule has 4 rings (SSSR count). The molecule has 3 aromatic rings. The van der Waals surface area contributed by atoms with Crippen molar-refractivity contribution in [3.05, 3.63) is 101 Å². The van der Waals surface area contributed by atoms with Crippen LogP contribution in [0, 0.1) is 6.92 Å². The third-order valence-electron chi connectivity index (χ3n) is 6.41. The van der Waals surface area contributed by atoms with Crippen LogP contribution in [0.3, 0.4) is 0 Å². The number of carbonyl (C=O) groups excluding carboxylic acids is 3.